The predicted molar refractivity (Wildman–Crippen MR) is 66.4 cm³/mol. The molecule has 0 aromatic heterocycles. The van der Waals surface area contributed by atoms with E-state index in [2.05, 4.69) is 15.9 Å². The van der Waals surface area contributed by atoms with E-state index in [-0.39, 0.29) is 30.8 Å². The van der Waals surface area contributed by atoms with Crippen molar-refractivity contribution in [1.29, 1.82) is 0 Å². The molecule has 0 heterocycles. The van der Waals surface area contributed by atoms with Gasteiger partial charge in [-0.25, -0.2) is 0 Å². The van der Waals surface area contributed by atoms with Crippen molar-refractivity contribution in [2.24, 2.45) is 5.73 Å². The van der Waals surface area contributed by atoms with Crippen LogP contribution in [0.25, 0.3) is 0 Å². The molecule has 0 fully saturated rings. The summed E-state index contributed by atoms with van der Waals surface area (Å²) in [4.78, 5) is 0. The fourth-order valence-electron chi connectivity index (χ4n) is 1.33. The Bertz CT molecular complexity index is 333. The van der Waals surface area contributed by atoms with Gasteiger partial charge < -0.3 is 15.9 Å². The molecule has 1 aromatic rings. The van der Waals surface area contributed by atoms with E-state index in [9.17, 15) is 5.11 Å². The van der Waals surface area contributed by atoms with Crippen molar-refractivity contribution in [3.05, 3.63) is 27.7 Å². The minimum absolute atomic E-state index is 0. The molecular weight excluding hydrogens is 281 g/mol. The monoisotopic (exact) mass is 295 g/mol. The van der Waals surface area contributed by atoms with E-state index in [4.69, 9.17) is 10.8 Å². The molecule has 0 aliphatic heterocycles. The molecule has 0 radical (unpaired) electrons. The molecule has 1 aromatic carbocycles. The van der Waals surface area contributed by atoms with Crippen LogP contribution in [0.5, 0.6) is 5.75 Å². The first-order valence-corrected chi connectivity index (χ1v) is 5.21. The largest absolute Gasteiger partial charge is 0.507 e. The number of hydrogen-bond donors (Lipinski definition) is 3. The van der Waals surface area contributed by atoms with Crippen LogP contribution < -0.4 is 5.73 Å². The zero-order valence-corrected chi connectivity index (χ0v) is 10.8. The fraction of sp³-hybridized carbons (Fsp3) is 0.400. The fourth-order valence-corrected chi connectivity index (χ4v) is 1.94. The minimum Gasteiger partial charge on any atom is -0.507 e. The summed E-state index contributed by atoms with van der Waals surface area (Å²) in [6.45, 7) is 1.83. The van der Waals surface area contributed by atoms with Gasteiger partial charge in [0.25, 0.3) is 0 Å². The average Bonchev–Trinajstić information content (AvgIpc) is 2.13. The topological polar surface area (TPSA) is 66.5 Å². The number of aryl methyl sites for hydroxylation is 1. The Morgan fingerprint density at radius 3 is 2.60 bits per heavy atom. The van der Waals surface area contributed by atoms with Crippen LogP contribution in [0, 0.1) is 6.92 Å². The molecule has 4 N–H and O–H groups in total. The van der Waals surface area contributed by atoms with Crippen LogP contribution in [0.1, 0.15) is 23.6 Å². The number of phenolic OH excluding ortho intramolecular Hbond substituents is 1. The number of aliphatic hydroxyl groups excluding tert-OH is 1. The number of rotatable bonds is 3. The van der Waals surface area contributed by atoms with Gasteiger partial charge in [-0.15, -0.1) is 12.4 Å². The average molecular weight is 297 g/mol. The molecule has 0 bridgehead atoms. The molecule has 3 nitrogen and oxygen atoms in total. The third kappa shape index (κ3) is 3.34. The van der Waals surface area contributed by atoms with Crippen LogP contribution in [-0.2, 0) is 0 Å². The number of benzene rings is 1. The Kier molecular flexibility index (Phi) is 6.20. The quantitative estimate of drug-likeness (QED) is 0.801. The number of halogens is 2. The van der Waals surface area contributed by atoms with Crippen molar-refractivity contribution in [3.63, 3.8) is 0 Å². The highest BCUT2D eigenvalue weighted by Gasteiger charge is 2.15. The number of hydrogen-bond acceptors (Lipinski definition) is 3. The van der Waals surface area contributed by atoms with Gasteiger partial charge in [-0.05, 0) is 25.0 Å². The smallest absolute Gasteiger partial charge is 0.124 e. The molecule has 0 unspecified atom stereocenters. The van der Waals surface area contributed by atoms with E-state index in [0.717, 1.165) is 10.0 Å². The standard InChI is InChI=1S/C10H14BrNO2.ClH/c1-6-2-3-7(11)9(10(6)14)8(12)4-5-13;/h2-3,8,13-14H,4-5,12H2,1H3;1H/t8-;/m1./s1. The zero-order valence-electron chi connectivity index (χ0n) is 8.40. The van der Waals surface area contributed by atoms with Crippen molar-refractivity contribution in [3.8, 4) is 5.75 Å². The molecule has 0 saturated heterocycles. The van der Waals surface area contributed by atoms with Gasteiger partial charge >= 0.3 is 0 Å². The highest BCUT2D eigenvalue weighted by Crippen LogP contribution is 2.34. The minimum atomic E-state index is -0.339. The first kappa shape index (κ1) is 14.7. The maximum absolute atomic E-state index is 9.78. The highest BCUT2D eigenvalue weighted by atomic mass is 79.9. The van der Waals surface area contributed by atoms with Gasteiger partial charge in [0.05, 0.1) is 0 Å². The SMILES string of the molecule is Cc1ccc(Br)c([C@H](N)CCO)c1O.Cl. The van der Waals surface area contributed by atoms with Crippen molar-refractivity contribution in [2.75, 3.05) is 6.61 Å². The van der Waals surface area contributed by atoms with E-state index in [1.807, 2.05) is 19.1 Å². The highest BCUT2D eigenvalue weighted by molar-refractivity contribution is 9.10. The second-order valence-corrected chi connectivity index (χ2v) is 4.10. The molecule has 0 amide bonds. The molecule has 5 heteroatoms. The molecule has 86 valence electrons. The normalized spacial score (nSPS) is 12.0. The molecule has 0 spiro atoms. The Morgan fingerprint density at radius 1 is 1.47 bits per heavy atom. The van der Waals surface area contributed by atoms with E-state index in [1.54, 1.807) is 0 Å². The summed E-state index contributed by atoms with van der Waals surface area (Å²) in [7, 11) is 0. The summed E-state index contributed by atoms with van der Waals surface area (Å²) >= 11 is 3.33. The molecule has 1 atom stereocenters. The first-order chi connectivity index (χ1) is 6.57. The van der Waals surface area contributed by atoms with Gasteiger partial charge in [0, 0.05) is 22.7 Å². The molecular formula is C10H15BrClNO2. The summed E-state index contributed by atoms with van der Waals surface area (Å²) in [5.41, 5.74) is 7.28. The lowest BCUT2D eigenvalue weighted by Gasteiger charge is -2.15. The zero-order chi connectivity index (χ0) is 10.7. The third-order valence-corrected chi connectivity index (χ3v) is 2.87. The lowest BCUT2D eigenvalue weighted by molar-refractivity contribution is 0.275. The van der Waals surface area contributed by atoms with Gasteiger partial charge in [0.15, 0.2) is 0 Å². The summed E-state index contributed by atoms with van der Waals surface area (Å²) in [6.07, 6.45) is 0.440. The first-order valence-electron chi connectivity index (χ1n) is 4.42. The summed E-state index contributed by atoms with van der Waals surface area (Å²) in [5.74, 6) is 0.209. The maximum atomic E-state index is 9.78. The molecule has 1 rings (SSSR count). The third-order valence-electron chi connectivity index (χ3n) is 2.18. The summed E-state index contributed by atoms with van der Waals surface area (Å²) < 4.78 is 0.779. The predicted octanol–water partition coefficient (Wildman–Crippen LogP) is 2.27. The van der Waals surface area contributed by atoms with Gasteiger partial charge in [-0.2, -0.15) is 0 Å². The Morgan fingerprint density at radius 2 is 2.07 bits per heavy atom. The lowest BCUT2D eigenvalue weighted by Crippen LogP contribution is -2.13. The lowest BCUT2D eigenvalue weighted by atomic mass is 10.0. The van der Waals surface area contributed by atoms with Gasteiger partial charge in [0.1, 0.15) is 5.75 Å². The number of aromatic hydroxyl groups is 1. The molecule has 15 heavy (non-hydrogen) atoms. The van der Waals surface area contributed by atoms with Crippen molar-refractivity contribution in [1.82, 2.24) is 0 Å². The summed E-state index contributed by atoms with van der Waals surface area (Å²) in [5, 5.41) is 18.6. The van der Waals surface area contributed by atoms with E-state index in [0.29, 0.717) is 12.0 Å². The maximum Gasteiger partial charge on any atom is 0.124 e. The van der Waals surface area contributed by atoms with Crippen LogP contribution in [0.2, 0.25) is 0 Å². The number of phenols is 1. The Balaban J connectivity index is 0.00000196. The van der Waals surface area contributed by atoms with Crippen LogP contribution >= 0.6 is 28.3 Å². The second kappa shape index (κ2) is 6.33. The van der Waals surface area contributed by atoms with E-state index in [1.165, 1.54) is 0 Å². The van der Waals surface area contributed by atoms with E-state index < -0.39 is 0 Å². The number of aliphatic hydroxyl groups is 1. The Labute approximate surface area is 104 Å². The van der Waals surface area contributed by atoms with Crippen LogP contribution in [0.15, 0.2) is 16.6 Å². The molecule has 0 aliphatic carbocycles. The van der Waals surface area contributed by atoms with Crippen LogP contribution in [0.4, 0.5) is 0 Å². The molecule has 0 saturated carbocycles. The van der Waals surface area contributed by atoms with Gasteiger partial charge in [0.2, 0.25) is 0 Å². The van der Waals surface area contributed by atoms with Gasteiger partial charge in [-0.3, -0.25) is 0 Å². The van der Waals surface area contributed by atoms with Crippen LogP contribution in [-0.4, -0.2) is 16.8 Å². The van der Waals surface area contributed by atoms with Crippen molar-refractivity contribution in [2.45, 2.75) is 19.4 Å². The van der Waals surface area contributed by atoms with Gasteiger partial charge in [-0.1, -0.05) is 22.0 Å². The van der Waals surface area contributed by atoms with Crippen LogP contribution in [0.3, 0.4) is 0 Å². The molecule has 0 aliphatic rings. The Hall–Kier alpha value is -0.290. The van der Waals surface area contributed by atoms with Crippen molar-refractivity contribution < 1.29 is 10.2 Å². The van der Waals surface area contributed by atoms with E-state index >= 15 is 0 Å². The number of nitrogens with two attached hydrogens (primary N) is 1. The summed E-state index contributed by atoms with van der Waals surface area (Å²) in [6, 6.07) is 3.32. The van der Waals surface area contributed by atoms with Crippen molar-refractivity contribution >= 4 is 28.3 Å². The second-order valence-electron chi connectivity index (χ2n) is 3.25.